The number of carbonyl (C=O) groups excluding carboxylic acids is 1. The van der Waals surface area contributed by atoms with Crippen LogP contribution in [0.25, 0.3) is 22.2 Å². The zero-order chi connectivity index (χ0) is 27.3. The van der Waals surface area contributed by atoms with Gasteiger partial charge in [0.25, 0.3) is 0 Å². The van der Waals surface area contributed by atoms with Gasteiger partial charge in [0.05, 0.1) is 11.9 Å². The fraction of sp³-hybridized carbons (Fsp3) is 0.414. The largest absolute Gasteiger partial charge is 0.454 e. The standard InChI is InChI=1S/C29H31FN6O3/c1-4-24(37)34-11-10-21(20(30)14-34)35-12-18(13-35)8-9-22-25(19-6-5-7-23-27(19)39-16-38-23)26-28(31)32-15-33-29(26)36(22)17(2)3/h4-7,15,17-18,20-21H,1,10-14,16H2,2-3H3,(H2,31,32,33)/t20-,21+/m1/s1. The smallest absolute Gasteiger partial charge is 0.246 e. The van der Waals surface area contributed by atoms with E-state index in [-0.39, 0.29) is 37.2 Å². The summed E-state index contributed by atoms with van der Waals surface area (Å²) in [6, 6.07) is 5.62. The van der Waals surface area contributed by atoms with E-state index in [1.165, 1.54) is 17.3 Å². The van der Waals surface area contributed by atoms with E-state index in [0.29, 0.717) is 49.0 Å². The molecule has 5 heterocycles. The van der Waals surface area contributed by atoms with Crippen molar-refractivity contribution in [3.8, 4) is 34.5 Å². The number of ether oxygens (including phenoxy) is 2. The Hall–Kier alpha value is -4.10. The number of nitrogen functional groups attached to an aromatic ring is 1. The van der Waals surface area contributed by atoms with Crippen molar-refractivity contribution in [2.75, 3.05) is 38.7 Å². The number of hydrogen-bond donors (Lipinski definition) is 1. The highest BCUT2D eigenvalue weighted by Gasteiger charge is 2.40. The van der Waals surface area contributed by atoms with Gasteiger partial charge in [0.1, 0.15) is 29.7 Å². The summed E-state index contributed by atoms with van der Waals surface area (Å²) in [5.41, 5.74) is 9.56. The minimum atomic E-state index is -1.09. The molecule has 202 valence electrons. The Balaban J connectivity index is 1.32. The number of para-hydroxylation sites is 1. The lowest BCUT2D eigenvalue weighted by Crippen LogP contribution is -2.60. The van der Waals surface area contributed by atoms with Crippen molar-refractivity contribution < 1.29 is 18.7 Å². The first kappa shape index (κ1) is 25.2. The lowest BCUT2D eigenvalue weighted by atomic mass is 9.92. The number of halogens is 1. The summed E-state index contributed by atoms with van der Waals surface area (Å²) < 4.78 is 28.5. The molecule has 3 aliphatic heterocycles. The van der Waals surface area contributed by atoms with Crippen LogP contribution in [0.15, 0.2) is 37.2 Å². The Labute approximate surface area is 226 Å². The highest BCUT2D eigenvalue weighted by Crippen LogP contribution is 2.46. The minimum absolute atomic E-state index is 0.0578. The van der Waals surface area contributed by atoms with Gasteiger partial charge >= 0.3 is 0 Å². The number of likely N-dealkylation sites (tertiary alicyclic amines) is 2. The van der Waals surface area contributed by atoms with Gasteiger partial charge in [-0.25, -0.2) is 14.4 Å². The number of alkyl halides is 1. The molecule has 3 aromatic rings. The summed E-state index contributed by atoms with van der Waals surface area (Å²) in [5, 5.41) is 0.732. The molecule has 1 amide bonds. The molecular weight excluding hydrogens is 499 g/mol. The van der Waals surface area contributed by atoms with Crippen LogP contribution in [0, 0.1) is 17.8 Å². The van der Waals surface area contributed by atoms with E-state index in [2.05, 4.69) is 51.7 Å². The normalized spacial score (nSPS) is 21.1. The maximum absolute atomic E-state index is 14.9. The third-order valence-electron chi connectivity index (χ3n) is 7.76. The number of nitrogens with zero attached hydrogens (tertiary/aromatic N) is 5. The number of nitrogens with two attached hydrogens (primary N) is 1. The lowest BCUT2D eigenvalue weighted by molar-refractivity contribution is -0.130. The molecule has 2 fully saturated rings. The molecule has 0 spiro atoms. The quantitative estimate of drug-likeness (QED) is 0.408. The van der Waals surface area contributed by atoms with Gasteiger partial charge in [0.2, 0.25) is 12.7 Å². The van der Waals surface area contributed by atoms with Crippen LogP contribution in [0.4, 0.5) is 10.2 Å². The van der Waals surface area contributed by atoms with E-state index in [4.69, 9.17) is 15.2 Å². The topological polar surface area (TPSA) is 98.7 Å². The predicted octanol–water partition coefficient (Wildman–Crippen LogP) is 3.40. The average molecular weight is 531 g/mol. The zero-order valence-corrected chi connectivity index (χ0v) is 22.1. The van der Waals surface area contributed by atoms with Crippen LogP contribution < -0.4 is 15.2 Å². The van der Waals surface area contributed by atoms with Crippen LogP contribution in [-0.2, 0) is 4.79 Å². The van der Waals surface area contributed by atoms with Gasteiger partial charge in [-0.3, -0.25) is 9.69 Å². The van der Waals surface area contributed by atoms with Crippen molar-refractivity contribution in [3.63, 3.8) is 0 Å². The number of amides is 1. The van der Waals surface area contributed by atoms with Crippen LogP contribution >= 0.6 is 0 Å². The third-order valence-corrected chi connectivity index (χ3v) is 7.76. The van der Waals surface area contributed by atoms with Crippen molar-refractivity contribution in [2.24, 2.45) is 5.92 Å². The van der Waals surface area contributed by atoms with Crippen molar-refractivity contribution in [1.29, 1.82) is 0 Å². The highest BCUT2D eigenvalue weighted by molar-refractivity contribution is 6.05. The van der Waals surface area contributed by atoms with Crippen molar-refractivity contribution in [3.05, 3.63) is 42.9 Å². The molecule has 10 heteroatoms. The van der Waals surface area contributed by atoms with Crippen LogP contribution in [-0.4, -0.2) is 75.4 Å². The second-order valence-corrected chi connectivity index (χ2v) is 10.5. The van der Waals surface area contributed by atoms with E-state index in [1.54, 1.807) is 0 Å². The Morgan fingerprint density at radius 3 is 2.82 bits per heavy atom. The summed E-state index contributed by atoms with van der Waals surface area (Å²) in [7, 11) is 0. The first-order valence-electron chi connectivity index (χ1n) is 13.2. The second kappa shape index (κ2) is 9.89. The fourth-order valence-electron chi connectivity index (χ4n) is 5.85. The molecule has 2 aromatic heterocycles. The van der Waals surface area contributed by atoms with Crippen LogP contribution in [0.3, 0.4) is 0 Å². The van der Waals surface area contributed by atoms with Gasteiger partial charge in [-0.15, -0.1) is 0 Å². The second-order valence-electron chi connectivity index (χ2n) is 10.5. The summed E-state index contributed by atoms with van der Waals surface area (Å²) in [4.78, 5) is 24.4. The van der Waals surface area contributed by atoms with Crippen molar-refractivity contribution in [2.45, 2.75) is 38.5 Å². The minimum Gasteiger partial charge on any atom is -0.454 e. The summed E-state index contributed by atoms with van der Waals surface area (Å²) in [5.74, 6) is 8.46. The van der Waals surface area contributed by atoms with Gasteiger partial charge in [0, 0.05) is 48.8 Å². The van der Waals surface area contributed by atoms with Crippen LogP contribution in [0.2, 0.25) is 0 Å². The molecular formula is C29H31FN6O3. The SMILES string of the molecule is C=CC(=O)N1CC[C@H](N2CC(C#Cc3c(-c4cccc5c4OCO5)c4c(N)ncnc4n3C(C)C)C2)[C@H](F)C1. The number of carbonyl (C=O) groups is 1. The van der Waals surface area contributed by atoms with Gasteiger partial charge in [-0.05, 0) is 38.3 Å². The Kier molecular flexibility index (Phi) is 6.39. The summed E-state index contributed by atoms with van der Waals surface area (Å²) in [6.45, 7) is 9.83. The van der Waals surface area contributed by atoms with E-state index in [0.717, 1.165) is 22.2 Å². The molecule has 0 unspecified atom stereocenters. The molecule has 2 N–H and O–H groups in total. The molecule has 0 radical (unpaired) electrons. The van der Waals surface area contributed by atoms with E-state index in [1.807, 2.05) is 18.2 Å². The Bertz CT molecular complexity index is 1520. The highest BCUT2D eigenvalue weighted by atomic mass is 19.1. The maximum atomic E-state index is 14.9. The molecule has 3 aliphatic rings. The van der Waals surface area contributed by atoms with Crippen LogP contribution in [0.1, 0.15) is 32.0 Å². The number of hydrogen-bond acceptors (Lipinski definition) is 7. The number of rotatable bonds is 4. The van der Waals surface area contributed by atoms with Crippen molar-refractivity contribution >= 4 is 22.8 Å². The number of anilines is 1. The lowest BCUT2D eigenvalue weighted by Gasteiger charge is -2.46. The first-order valence-corrected chi connectivity index (χ1v) is 13.2. The van der Waals surface area contributed by atoms with Gasteiger partial charge in [-0.2, -0.15) is 0 Å². The Morgan fingerprint density at radius 1 is 1.26 bits per heavy atom. The van der Waals surface area contributed by atoms with Gasteiger partial charge < -0.3 is 24.7 Å². The molecule has 0 aliphatic carbocycles. The molecule has 0 bridgehead atoms. The summed E-state index contributed by atoms with van der Waals surface area (Å²) in [6.07, 6.45) is 2.23. The maximum Gasteiger partial charge on any atom is 0.246 e. The predicted molar refractivity (Wildman–Crippen MR) is 146 cm³/mol. The van der Waals surface area contributed by atoms with Gasteiger partial charge in [0.15, 0.2) is 11.5 Å². The van der Waals surface area contributed by atoms with E-state index < -0.39 is 6.17 Å². The van der Waals surface area contributed by atoms with Crippen molar-refractivity contribution in [1.82, 2.24) is 24.3 Å². The number of piperidine rings is 1. The Morgan fingerprint density at radius 2 is 2.08 bits per heavy atom. The molecule has 6 rings (SSSR count). The first-order chi connectivity index (χ1) is 18.9. The molecule has 2 atom stereocenters. The molecule has 0 saturated carbocycles. The fourth-order valence-corrected chi connectivity index (χ4v) is 5.85. The number of fused-ring (bicyclic) bond motifs is 2. The molecule has 39 heavy (non-hydrogen) atoms. The van der Waals surface area contributed by atoms with Gasteiger partial charge in [-0.1, -0.05) is 24.6 Å². The average Bonchev–Trinajstić information content (AvgIpc) is 3.51. The van der Waals surface area contributed by atoms with Crippen LogP contribution in [0.5, 0.6) is 11.5 Å². The monoisotopic (exact) mass is 530 g/mol. The summed E-state index contributed by atoms with van der Waals surface area (Å²) >= 11 is 0. The molecule has 9 nitrogen and oxygen atoms in total. The van der Waals surface area contributed by atoms with E-state index >= 15 is 0 Å². The van der Waals surface area contributed by atoms with E-state index in [9.17, 15) is 9.18 Å². The third kappa shape index (κ3) is 4.27. The molecule has 2 saturated heterocycles. The molecule has 1 aromatic carbocycles. The number of benzene rings is 1. The number of aromatic nitrogens is 3. The zero-order valence-electron chi connectivity index (χ0n) is 22.1.